The second kappa shape index (κ2) is 5.10. The van der Waals surface area contributed by atoms with E-state index >= 15 is 0 Å². The van der Waals surface area contributed by atoms with Crippen LogP contribution in [0, 0.1) is 0 Å². The van der Waals surface area contributed by atoms with E-state index in [1.807, 2.05) is 0 Å². The van der Waals surface area contributed by atoms with Gasteiger partial charge in [-0.2, -0.15) is 0 Å². The van der Waals surface area contributed by atoms with Crippen molar-refractivity contribution in [1.82, 2.24) is 4.90 Å². The van der Waals surface area contributed by atoms with Crippen molar-refractivity contribution in [3.05, 3.63) is 24.4 Å². The zero-order valence-electron chi connectivity index (χ0n) is 7.36. The zero-order chi connectivity index (χ0) is 10.4. The quantitative estimate of drug-likeness (QED) is 0.449. The van der Waals surface area contributed by atoms with Gasteiger partial charge in [-0.3, -0.25) is 14.5 Å². The molecule has 0 aliphatic heterocycles. The Morgan fingerprint density at radius 1 is 1.62 bits per heavy atom. The highest BCUT2D eigenvalue weighted by Gasteiger charge is 2.07. The Kier molecular flexibility index (Phi) is 4.47. The van der Waals surface area contributed by atoms with Gasteiger partial charge in [0.2, 0.25) is 5.91 Å². The topological polar surface area (TPSA) is 83.6 Å². The van der Waals surface area contributed by atoms with Crippen molar-refractivity contribution < 1.29 is 14.7 Å². The predicted molar refractivity (Wildman–Crippen MR) is 47.1 cm³/mol. The van der Waals surface area contributed by atoms with Gasteiger partial charge in [0.25, 0.3) is 5.91 Å². The van der Waals surface area contributed by atoms with Gasteiger partial charge >= 0.3 is 0 Å². The van der Waals surface area contributed by atoms with E-state index in [9.17, 15) is 9.59 Å². The number of nitrogens with two attached hydrogens (primary N) is 1. The molecule has 0 fully saturated rings. The van der Waals surface area contributed by atoms with E-state index in [-0.39, 0.29) is 5.57 Å². The minimum atomic E-state index is -0.643. The molecular formula is C8H12N2O3. The molecule has 3 N–H and O–H groups in total. The summed E-state index contributed by atoms with van der Waals surface area (Å²) in [7, 11) is 0. The average Bonchev–Trinajstić information content (AvgIpc) is 2.12. The summed E-state index contributed by atoms with van der Waals surface area (Å²) in [5.41, 5.74) is 5.11. The first-order chi connectivity index (χ1) is 6.02. The Balaban J connectivity index is 4.61. The maximum Gasteiger partial charge on any atom is 0.251 e. The van der Waals surface area contributed by atoms with Crippen molar-refractivity contribution in [1.29, 1.82) is 0 Å². The molecule has 5 heteroatoms. The van der Waals surface area contributed by atoms with E-state index in [4.69, 9.17) is 10.8 Å². The molecule has 2 amide bonds. The van der Waals surface area contributed by atoms with Crippen LogP contribution in [0.1, 0.15) is 6.92 Å². The molecule has 0 aliphatic carbocycles. The van der Waals surface area contributed by atoms with Gasteiger partial charge in [0.15, 0.2) is 0 Å². The predicted octanol–water partition coefficient (Wildman–Crippen LogP) is -0.660. The molecule has 0 saturated carbocycles. The van der Waals surface area contributed by atoms with Crippen LogP contribution in [-0.4, -0.2) is 28.6 Å². The molecule has 0 rings (SSSR count). The second-order valence-electron chi connectivity index (χ2n) is 2.33. The van der Waals surface area contributed by atoms with Crippen molar-refractivity contribution in [3.63, 3.8) is 0 Å². The Hall–Kier alpha value is -1.62. The van der Waals surface area contributed by atoms with Crippen LogP contribution in [0.4, 0.5) is 0 Å². The van der Waals surface area contributed by atoms with E-state index in [1.165, 1.54) is 13.1 Å². The molecule has 72 valence electrons. The van der Waals surface area contributed by atoms with Gasteiger partial charge in [-0.15, -0.1) is 0 Å². The summed E-state index contributed by atoms with van der Waals surface area (Å²) in [5.74, 6) is -1.14. The summed E-state index contributed by atoms with van der Waals surface area (Å²) in [6.07, 6.45) is 2.20. The van der Waals surface area contributed by atoms with Gasteiger partial charge in [0, 0.05) is 11.8 Å². The minimum Gasteiger partial charge on any atom is -0.376 e. The molecule has 0 atom stereocenters. The third-order valence-corrected chi connectivity index (χ3v) is 1.35. The Morgan fingerprint density at radius 2 is 2.15 bits per heavy atom. The molecule has 0 spiro atoms. The summed E-state index contributed by atoms with van der Waals surface area (Å²) in [4.78, 5) is 22.4. The Labute approximate surface area is 76.1 Å². The number of hydrogen-bond acceptors (Lipinski definition) is 3. The van der Waals surface area contributed by atoms with Gasteiger partial charge in [0.05, 0.1) is 0 Å². The summed E-state index contributed by atoms with van der Waals surface area (Å²) in [6.45, 7) is 4.16. The van der Waals surface area contributed by atoms with Gasteiger partial charge in [0.1, 0.15) is 6.73 Å². The number of aliphatic hydroxyl groups excluding tert-OH is 1. The molecule has 0 aromatic rings. The number of carbonyl (C=O) groups excluding carboxylic acids is 2. The molecule has 0 saturated heterocycles. The first-order valence-electron chi connectivity index (χ1n) is 3.55. The molecule has 0 radical (unpaired) electrons. The Morgan fingerprint density at radius 3 is 2.46 bits per heavy atom. The SMILES string of the molecule is C=CC(=O)N(C=C(C)C(N)=O)CO. The third kappa shape index (κ3) is 3.53. The van der Waals surface area contributed by atoms with E-state index in [2.05, 4.69) is 6.58 Å². The number of aliphatic hydroxyl groups is 1. The van der Waals surface area contributed by atoms with Gasteiger partial charge in [-0.1, -0.05) is 6.58 Å². The number of rotatable bonds is 4. The lowest BCUT2D eigenvalue weighted by molar-refractivity contribution is -0.126. The molecule has 0 unspecified atom stereocenters. The van der Waals surface area contributed by atoms with Crippen LogP contribution < -0.4 is 5.73 Å². The molecule has 0 aromatic heterocycles. The van der Waals surface area contributed by atoms with Gasteiger partial charge in [-0.05, 0) is 13.0 Å². The van der Waals surface area contributed by atoms with Gasteiger partial charge in [-0.25, -0.2) is 0 Å². The summed E-state index contributed by atoms with van der Waals surface area (Å²) in [6, 6.07) is 0. The van der Waals surface area contributed by atoms with Gasteiger partial charge < -0.3 is 10.8 Å². The molecule has 0 aromatic carbocycles. The summed E-state index contributed by atoms with van der Waals surface area (Å²) < 4.78 is 0. The number of nitrogens with zero attached hydrogens (tertiary/aromatic N) is 1. The van der Waals surface area contributed by atoms with Crippen LogP contribution in [0.15, 0.2) is 24.4 Å². The molecule has 0 bridgehead atoms. The first kappa shape index (κ1) is 11.4. The maximum absolute atomic E-state index is 11.0. The lowest BCUT2D eigenvalue weighted by Crippen LogP contribution is -2.26. The van der Waals surface area contributed by atoms with Crippen LogP contribution in [0.2, 0.25) is 0 Å². The standard InChI is InChI=1S/C8H12N2O3/c1-3-7(12)10(5-11)4-6(2)8(9)13/h3-4,11H,1,5H2,2H3,(H2,9,13). The molecule has 0 aliphatic rings. The second-order valence-corrected chi connectivity index (χ2v) is 2.33. The van der Waals surface area contributed by atoms with E-state index in [0.717, 1.165) is 11.0 Å². The van der Waals surface area contributed by atoms with Crippen molar-refractivity contribution >= 4 is 11.8 Å². The highest BCUT2D eigenvalue weighted by molar-refractivity contribution is 5.93. The number of primary amides is 1. The fourth-order valence-electron chi connectivity index (χ4n) is 0.589. The monoisotopic (exact) mass is 184 g/mol. The highest BCUT2D eigenvalue weighted by Crippen LogP contribution is 1.97. The summed E-state index contributed by atoms with van der Waals surface area (Å²) >= 11 is 0. The van der Waals surface area contributed by atoms with Crippen LogP contribution in [0.3, 0.4) is 0 Å². The van der Waals surface area contributed by atoms with Crippen LogP contribution in [0.25, 0.3) is 0 Å². The number of hydrogen-bond donors (Lipinski definition) is 2. The largest absolute Gasteiger partial charge is 0.376 e. The fraction of sp³-hybridized carbons (Fsp3) is 0.250. The highest BCUT2D eigenvalue weighted by atomic mass is 16.3. The molecule has 0 heterocycles. The number of amides is 2. The van der Waals surface area contributed by atoms with Crippen molar-refractivity contribution in [2.24, 2.45) is 5.73 Å². The van der Waals surface area contributed by atoms with Crippen LogP contribution >= 0.6 is 0 Å². The average molecular weight is 184 g/mol. The lowest BCUT2D eigenvalue weighted by atomic mass is 10.3. The Bertz CT molecular complexity index is 258. The molecular weight excluding hydrogens is 172 g/mol. The first-order valence-corrected chi connectivity index (χ1v) is 3.55. The maximum atomic E-state index is 11.0. The van der Waals surface area contributed by atoms with Crippen LogP contribution in [-0.2, 0) is 9.59 Å². The normalized spacial score (nSPS) is 10.8. The fourth-order valence-corrected chi connectivity index (χ4v) is 0.589. The van der Waals surface area contributed by atoms with Crippen molar-refractivity contribution in [3.8, 4) is 0 Å². The lowest BCUT2D eigenvalue weighted by Gasteiger charge is -2.12. The molecule has 13 heavy (non-hydrogen) atoms. The number of carbonyl (C=O) groups is 2. The smallest absolute Gasteiger partial charge is 0.251 e. The van der Waals surface area contributed by atoms with E-state index in [1.54, 1.807) is 0 Å². The third-order valence-electron chi connectivity index (χ3n) is 1.35. The van der Waals surface area contributed by atoms with E-state index in [0.29, 0.717) is 0 Å². The zero-order valence-corrected chi connectivity index (χ0v) is 7.36. The summed E-state index contributed by atoms with van der Waals surface area (Å²) in [5, 5.41) is 8.72. The van der Waals surface area contributed by atoms with E-state index < -0.39 is 18.5 Å². The van der Waals surface area contributed by atoms with Crippen molar-refractivity contribution in [2.45, 2.75) is 6.92 Å². The van der Waals surface area contributed by atoms with Crippen LogP contribution in [0.5, 0.6) is 0 Å². The minimum absolute atomic E-state index is 0.184. The van der Waals surface area contributed by atoms with Crippen molar-refractivity contribution in [2.75, 3.05) is 6.73 Å². The molecule has 5 nitrogen and oxygen atoms in total.